The van der Waals surface area contributed by atoms with Gasteiger partial charge in [0.2, 0.25) is 6.41 Å². The predicted molar refractivity (Wildman–Crippen MR) is 119 cm³/mol. The van der Waals surface area contributed by atoms with Crippen LogP contribution in [0.15, 0.2) is 47.6 Å². The number of nitrogens with two attached hydrogens (primary N) is 1. The van der Waals surface area contributed by atoms with Crippen LogP contribution in [0.4, 0.5) is 30.7 Å². The van der Waals surface area contributed by atoms with E-state index in [9.17, 15) is 35.6 Å². The van der Waals surface area contributed by atoms with Gasteiger partial charge in [-0.25, -0.2) is 4.39 Å². The minimum Gasteiger partial charge on any atom is -0.372 e. The molecule has 1 heterocycles. The zero-order valence-electron chi connectivity index (χ0n) is 19.3. The van der Waals surface area contributed by atoms with Crippen LogP contribution in [-0.4, -0.2) is 30.9 Å². The van der Waals surface area contributed by atoms with E-state index in [0.717, 1.165) is 5.92 Å². The lowest BCUT2D eigenvalue weighted by molar-refractivity contribution is -0.143. The van der Waals surface area contributed by atoms with E-state index in [0.29, 0.717) is 24.1 Å². The number of rotatable bonds is 3. The van der Waals surface area contributed by atoms with E-state index in [1.165, 1.54) is 31.4 Å². The number of amides is 1. The van der Waals surface area contributed by atoms with Crippen molar-refractivity contribution in [1.82, 2.24) is 4.90 Å². The Morgan fingerprint density at radius 1 is 1.00 bits per heavy atom. The van der Waals surface area contributed by atoms with E-state index in [1.54, 1.807) is 12.1 Å². The first-order valence-electron chi connectivity index (χ1n) is 11.0. The van der Waals surface area contributed by atoms with Gasteiger partial charge in [-0.15, -0.1) is 0 Å². The molecule has 0 spiro atoms. The average molecular weight is 521 g/mol. The summed E-state index contributed by atoms with van der Waals surface area (Å²) in [6.07, 6.45) is -5.58. The van der Waals surface area contributed by atoms with Gasteiger partial charge in [0.05, 0.1) is 11.1 Å². The number of carbonyl (C=O) groups is 1. The fourth-order valence-electron chi connectivity index (χ4n) is 4.75. The third kappa shape index (κ3) is 7.74. The van der Waals surface area contributed by atoms with Crippen LogP contribution in [0.3, 0.4) is 0 Å². The summed E-state index contributed by atoms with van der Waals surface area (Å²) in [7, 11) is 2.21. The maximum Gasteiger partial charge on any atom is 0.416 e. The molecule has 2 N–H and O–H groups in total. The number of benzene rings is 2. The Kier molecular flexibility index (Phi) is 9.97. The molecule has 1 aliphatic heterocycles. The van der Waals surface area contributed by atoms with Gasteiger partial charge in [-0.3, -0.25) is 4.79 Å². The van der Waals surface area contributed by atoms with Crippen LogP contribution in [0, 0.1) is 16.6 Å². The number of nitrogens with zero attached hydrogens (tertiary/aromatic N) is 2. The molecule has 4 rings (SSSR count). The van der Waals surface area contributed by atoms with Crippen LogP contribution in [-0.2, 0) is 23.7 Å². The molecule has 0 bridgehead atoms. The molecule has 0 aromatic heterocycles. The van der Waals surface area contributed by atoms with Crippen LogP contribution in [0.1, 0.15) is 47.4 Å². The van der Waals surface area contributed by atoms with Crippen LogP contribution in [0.5, 0.6) is 0 Å². The summed E-state index contributed by atoms with van der Waals surface area (Å²) in [5.74, 6) is 1.38. The van der Waals surface area contributed by atoms with Gasteiger partial charge in [0, 0.05) is 12.6 Å². The summed E-state index contributed by atoms with van der Waals surface area (Å²) < 4.78 is 86.7. The van der Waals surface area contributed by atoms with Gasteiger partial charge in [0.25, 0.3) is 0 Å². The molecular weight excluding hydrogens is 495 g/mol. The number of halogens is 7. The van der Waals surface area contributed by atoms with Gasteiger partial charge in [-0.2, -0.15) is 31.2 Å². The molecule has 1 amide bonds. The Hall–Kier alpha value is -3.02. The van der Waals surface area contributed by atoms with Crippen molar-refractivity contribution in [2.45, 2.75) is 50.1 Å². The highest BCUT2D eigenvalue weighted by Crippen LogP contribution is 2.44. The Balaban J connectivity index is 0.000000229. The summed E-state index contributed by atoms with van der Waals surface area (Å²) in [4.78, 5) is 20.9. The van der Waals surface area contributed by atoms with E-state index in [2.05, 4.69) is 22.9 Å². The zero-order valence-corrected chi connectivity index (χ0v) is 19.3. The van der Waals surface area contributed by atoms with Crippen molar-refractivity contribution in [3.05, 3.63) is 75.4 Å². The summed E-state index contributed by atoms with van der Waals surface area (Å²) >= 11 is 0. The highest BCUT2D eigenvalue weighted by Gasteiger charge is 2.44. The maximum absolute atomic E-state index is 12.9. The van der Waals surface area contributed by atoms with E-state index < -0.39 is 35.6 Å². The SMILES string of the molecule is CN1CC2CCCC(c3ccc(F)cc3)C21.NC=O.O=NCc1cc(C(F)(F)F)cc(C(F)(F)F)c1. The molecule has 198 valence electrons. The third-order valence-corrected chi connectivity index (χ3v) is 6.21. The van der Waals surface area contributed by atoms with Crippen molar-refractivity contribution in [3.8, 4) is 0 Å². The molecule has 2 aromatic carbocycles. The Bertz CT molecular complexity index is 976. The van der Waals surface area contributed by atoms with Gasteiger partial charge >= 0.3 is 12.4 Å². The van der Waals surface area contributed by atoms with Crippen molar-refractivity contribution < 1.29 is 35.5 Å². The van der Waals surface area contributed by atoms with Crippen molar-refractivity contribution >= 4 is 6.41 Å². The normalized spacial score (nSPS) is 21.5. The quantitative estimate of drug-likeness (QED) is 0.301. The molecule has 3 atom stereocenters. The number of primary amides is 1. The first-order chi connectivity index (χ1) is 16.8. The lowest BCUT2D eigenvalue weighted by atomic mass is 9.68. The second-order valence-corrected chi connectivity index (χ2v) is 8.62. The molecule has 2 aliphatic rings. The highest BCUT2D eigenvalue weighted by atomic mass is 19.4. The fourth-order valence-corrected chi connectivity index (χ4v) is 4.75. The minimum atomic E-state index is -4.90. The monoisotopic (exact) mass is 521 g/mol. The van der Waals surface area contributed by atoms with E-state index >= 15 is 0 Å². The van der Waals surface area contributed by atoms with Gasteiger partial charge in [0.1, 0.15) is 12.4 Å². The largest absolute Gasteiger partial charge is 0.416 e. The second-order valence-electron chi connectivity index (χ2n) is 8.62. The summed E-state index contributed by atoms with van der Waals surface area (Å²) in [5, 5.41) is 2.27. The first-order valence-corrected chi connectivity index (χ1v) is 11.0. The standard InChI is InChI=1S/C14H18FN.C9H5F6NO.CH3NO/c1-16-9-11-3-2-4-13(14(11)16)10-5-7-12(15)8-6-10;10-8(11,12)6-1-5(4-16-17)2-7(3-6)9(13,14)15;2-1-3/h5-8,11,13-14H,2-4,9H2,1H3;1-3H,4H2;1H,(H2,2,3). The second kappa shape index (κ2) is 12.3. The van der Waals surface area contributed by atoms with Gasteiger partial charge in [0.15, 0.2) is 0 Å². The average Bonchev–Trinajstić information content (AvgIpc) is 2.78. The number of likely N-dealkylation sites (N-methyl/N-ethyl adjacent to an activating group) is 1. The zero-order chi connectivity index (χ0) is 27.1. The highest BCUT2D eigenvalue weighted by molar-refractivity contribution is 5.42. The van der Waals surface area contributed by atoms with Gasteiger partial charge < -0.3 is 10.6 Å². The summed E-state index contributed by atoms with van der Waals surface area (Å²) in [6.45, 7) is 0.509. The number of alkyl halides is 6. The smallest absolute Gasteiger partial charge is 0.372 e. The van der Waals surface area contributed by atoms with Crippen molar-refractivity contribution in [1.29, 1.82) is 0 Å². The summed E-state index contributed by atoms with van der Waals surface area (Å²) in [5.41, 5.74) is 2.15. The van der Waals surface area contributed by atoms with Gasteiger partial charge in [-0.05, 0) is 73.2 Å². The lowest BCUT2D eigenvalue weighted by Gasteiger charge is -2.53. The van der Waals surface area contributed by atoms with Crippen LogP contribution in [0.2, 0.25) is 0 Å². The topological polar surface area (TPSA) is 75.8 Å². The molecule has 36 heavy (non-hydrogen) atoms. The fraction of sp³-hybridized carbons (Fsp3) is 0.458. The minimum absolute atomic E-state index is 0.00565. The third-order valence-electron chi connectivity index (χ3n) is 6.21. The summed E-state index contributed by atoms with van der Waals surface area (Å²) in [6, 6.07) is 8.76. The number of fused-ring (bicyclic) bond motifs is 1. The predicted octanol–water partition coefficient (Wildman–Crippen LogP) is 6.12. The maximum atomic E-state index is 12.9. The van der Waals surface area contributed by atoms with Gasteiger partial charge in [-0.1, -0.05) is 23.7 Å². The molecule has 1 saturated heterocycles. The number of likely N-dealkylation sites (tertiary alicyclic amines) is 1. The number of hydrogen-bond donors (Lipinski definition) is 1. The number of nitroso groups, excluding NO2 is 1. The molecule has 0 radical (unpaired) electrons. The molecular formula is C24H26F7N3O2. The van der Waals surface area contributed by atoms with Crippen LogP contribution >= 0.6 is 0 Å². The molecule has 5 nitrogen and oxygen atoms in total. The van der Waals surface area contributed by atoms with Crippen LogP contribution in [0.25, 0.3) is 0 Å². The van der Waals surface area contributed by atoms with E-state index in [4.69, 9.17) is 4.79 Å². The van der Waals surface area contributed by atoms with Crippen molar-refractivity contribution in [3.63, 3.8) is 0 Å². The Morgan fingerprint density at radius 3 is 1.97 bits per heavy atom. The van der Waals surface area contributed by atoms with Crippen LogP contribution < -0.4 is 5.73 Å². The molecule has 12 heteroatoms. The molecule has 2 aromatic rings. The molecule has 2 fully saturated rings. The number of carbonyl (C=O) groups excluding carboxylic acids is 1. The van der Waals surface area contributed by atoms with Crippen molar-refractivity contribution in [2.24, 2.45) is 16.8 Å². The molecule has 3 unspecified atom stereocenters. The van der Waals surface area contributed by atoms with Crippen molar-refractivity contribution in [2.75, 3.05) is 13.6 Å². The lowest BCUT2D eigenvalue weighted by Crippen LogP contribution is -2.58. The Labute approximate surface area is 203 Å². The van der Waals surface area contributed by atoms with E-state index in [1.807, 2.05) is 12.1 Å². The molecule has 1 saturated carbocycles. The first kappa shape index (κ1) is 29.2. The van der Waals surface area contributed by atoms with E-state index in [-0.39, 0.29) is 18.3 Å². The molecule has 1 aliphatic carbocycles. The number of hydrogen-bond acceptors (Lipinski definition) is 4. The Morgan fingerprint density at radius 2 is 1.53 bits per heavy atom.